The van der Waals surface area contributed by atoms with Crippen LogP contribution in [0.1, 0.15) is 30.4 Å². The lowest BCUT2D eigenvalue weighted by Gasteiger charge is -2.33. The molecule has 36 heavy (non-hydrogen) atoms. The molecule has 2 aliphatic rings. The molecular formula is C26H28N2O7S. The Kier molecular flexibility index (Phi) is 8.40. The second kappa shape index (κ2) is 11.7. The summed E-state index contributed by atoms with van der Waals surface area (Å²) in [5.74, 6) is -1.58. The number of hydrogen-bond acceptors (Lipinski definition) is 7. The molecule has 2 aliphatic heterocycles. The molecule has 2 fully saturated rings. The predicted octanol–water partition coefficient (Wildman–Crippen LogP) is 4.15. The summed E-state index contributed by atoms with van der Waals surface area (Å²) in [6, 6.07) is 13.5. The molecule has 2 saturated heterocycles. The van der Waals surface area contributed by atoms with E-state index < -0.39 is 28.3 Å². The van der Waals surface area contributed by atoms with Crippen LogP contribution in [0.15, 0.2) is 60.0 Å². The van der Waals surface area contributed by atoms with Gasteiger partial charge in [0.25, 0.3) is 11.6 Å². The van der Waals surface area contributed by atoms with Gasteiger partial charge >= 0.3 is 5.97 Å². The third-order valence-electron chi connectivity index (χ3n) is 6.28. The van der Waals surface area contributed by atoms with E-state index in [-0.39, 0.29) is 22.9 Å². The second-order valence-corrected chi connectivity index (χ2v) is 10.0. The first kappa shape index (κ1) is 25.9. The number of nitro benzene ring substituents is 1. The van der Waals surface area contributed by atoms with Gasteiger partial charge < -0.3 is 19.5 Å². The number of carbonyl (C=O) groups is 2. The molecule has 0 aliphatic carbocycles. The zero-order valence-corrected chi connectivity index (χ0v) is 20.5. The summed E-state index contributed by atoms with van der Waals surface area (Å²) >= 11 is 1.20. The predicted molar refractivity (Wildman–Crippen MR) is 135 cm³/mol. The van der Waals surface area contributed by atoms with E-state index in [0.29, 0.717) is 43.9 Å². The summed E-state index contributed by atoms with van der Waals surface area (Å²) in [5.41, 5.74) is 0.839. The third-order valence-corrected chi connectivity index (χ3v) is 7.39. The van der Waals surface area contributed by atoms with Crippen molar-refractivity contribution >= 4 is 34.9 Å². The van der Waals surface area contributed by atoms with Crippen LogP contribution in [-0.2, 0) is 25.5 Å². The lowest BCUT2D eigenvalue weighted by molar-refractivity contribution is -0.387. The van der Waals surface area contributed by atoms with Crippen molar-refractivity contribution in [3.05, 3.63) is 76.4 Å². The van der Waals surface area contributed by atoms with E-state index in [9.17, 15) is 24.8 Å². The van der Waals surface area contributed by atoms with Crippen LogP contribution < -0.4 is 0 Å². The van der Waals surface area contributed by atoms with Gasteiger partial charge in [-0.2, -0.15) is 0 Å². The molecule has 1 N–H and O–H groups in total. The Bertz CT molecular complexity index is 1140. The first-order valence-corrected chi connectivity index (χ1v) is 12.7. The molecule has 0 bridgehead atoms. The molecule has 2 heterocycles. The highest BCUT2D eigenvalue weighted by atomic mass is 32.2. The van der Waals surface area contributed by atoms with Crippen molar-refractivity contribution in [2.45, 2.75) is 48.2 Å². The van der Waals surface area contributed by atoms with Crippen molar-refractivity contribution < 1.29 is 29.1 Å². The molecule has 0 radical (unpaired) electrons. The number of thioether (sulfide) groups is 1. The summed E-state index contributed by atoms with van der Waals surface area (Å²) in [4.78, 5) is 37.7. The maximum Gasteiger partial charge on any atom is 0.326 e. The minimum atomic E-state index is -1.06. The second-order valence-electron chi connectivity index (χ2n) is 8.80. The molecule has 4 rings (SSSR count). The number of benzene rings is 2. The van der Waals surface area contributed by atoms with E-state index in [1.165, 1.54) is 22.7 Å². The normalized spacial score (nSPS) is 22.1. The van der Waals surface area contributed by atoms with Crippen molar-refractivity contribution in [3.8, 4) is 0 Å². The molecule has 0 saturated carbocycles. The van der Waals surface area contributed by atoms with Gasteiger partial charge in [-0.1, -0.05) is 54.7 Å². The fourth-order valence-corrected chi connectivity index (χ4v) is 5.51. The van der Waals surface area contributed by atoms with Gasteiger partial charge in [0.2, 0.25) is 0 Å². The molecule has 2 aromatic rings. The average molecular weight is 513 g/mol. The molecule has 2 aromatic carbocycles. The summed E-state index contributed by atoms with van der Waals surface area (Å²) < 4.78 is 11.8. The number of aliphatic carboxylic acids is 1. The van der Waals surface area contributed by atoms with Crippen LogP contribution in [0, 0.1) is 10.1 Å². The zero-order valence-electron chi connectivity index (χ0n) is 19.7. The van der Waals surface area contributed by atoms with E-state index >= 15 is 0 Å². The van der Waals surface area contributed by atoms with Crippen LogP contribution in [0.4, 0.5) is 5.69 Å². The summed E-state index contributed by atoms with van der Waals surface area (Å²) in [6.45, 7) is 4.89. The van der Waals surface area contributed by atoms with Crippen molar-refractivity contribution in [2.24, 2.45) is 0 Å². The van der Waals surface area contributed by atoms with Crippen molar-refractivity contribution in [1.82, 2.24) is 4.90 Å². The van der Waals surface area contributed by atoms with Gasteiger partial charge in [0.15, 0.2) is 0 Å². The maximum atomic E-state index is 13.0. The van der Waals surface area contributed by atoms with Gasteiger partial charge in [0.1, 0.15) is 11.5 Å². The largest absolute Gasteiger partial charge is 0.480 e. The Morgan fingerprint density at radius 1 is 1.17 bits per heavy atom. The van der Waals surface area contributed by atoms with E-state index in [0.717, 1.165) is 12.0 Å². The van der Waals surface area contributed by atoms with E-state index in [1.807, 2.05) is 30.3 Å². The van der Waals surface area contributed by atoms with Gasteiger partial charge in [0.05, 0.1) is 29.1 Å². The number of piperidine rings is 1. The smallest absolute Gasteiger partial charge is 0.326 e. The Morgan fingerprint density at radius 2 is 1.94 bits per heavy atom. The van der Waals surface area contributed by atoms with Crippen LogP contribution in [-0.4, -0.2) is 64.1 Å². The summed E-state index contributed by atoms with van der Waals surface area (Å²) in [6.07, 6.45) is 2.31. The van der Waals surface area contributed by atoms with Crippen LogP contribution in [0.25, 0.3) is 5.57 Å². The Morgan fingerprint density at radius 3 is 2.67 bits per heavy atom. The highest BCUT2D eigenvalue weighted by Crippen LogP contribution is 2.37. The van der Waals surface area contributed by atoms with Gasteiger partial charge in [-0.15, -0.1) is 0 Å². The number of nitro groups is 1. The van der Waals surface area contributed by atoms with E-state index in [1.54, 1.807) is 12.1 Å². The van der Waals surface area contributed by atoms with Crippen molar-refractivity contribution in [3.63, 3.8) is 0 Å². The molecule has 190 valence electrons. The summed E-state index contributed by atoms with van der Waals surface area (Å²) in [7, 11) is 0. The summed E-state index contributed by atoms with van der Waals surface area (Å²) in [5, 5.41) is 21.4. The van der Waals surface area contributed by atoms with Gasteiger partial charge in [-0.25, -0.2) is 4.79 Å². The van der Waals surface area contributed by atoms with Gasteiger partial charge in [-0.3, -0.25) is 14.9 Å². The monoisotopic (exact) mass is 512 g/mol. The number of ether oxygens (including phenoxy) is 2. The Hall–Kier alpha value is -3.21. The Labute approximate surface area is 213 Å². The molecule has 3 unspecified atom stereocenters. The molecular weight excluding hydrogens is 484 g/mol. The topological polar surface area (TPSA) is 119 Å². The van der Waals surface area contributed by atoms with Crippen LogP contribution in [0.5, 0.6) is 0 Å². The average Bonchev–Trinajstić information content (AvgIpc) is 2.88. The van der Waals surface area contributed by atoms with Gasteiger partial charge in [0, 0.05) is 24.6 Å². The fourth-order valence-electron chi connectivity index (χ4n) is 4.45. The van der Waals surface area contributed by atoms with Crippen LogP contribution in [0.2, 0.25) is 0 Å². The fraction of sp³-hybridized carbons (Fsp3) is 0.385. The van der Waals surface area contributed by atoms with E-state index in [4.69, 9.17) is 9.47 Å². The van der Waals surface area contributed by atoms with Crippen LogP contribution >= 0.6 is 11.8 Å². The number of hydrogen-bond donors (Lipinski definition) is 1. The minimum Gasteiger partial charge on any atom is -0.480 e. The number of likely N-dealkylation sites (tertiary alicyclic amines) is 1. The van der Waals surface area contributed by atoms with Gasteiger partial charge in [-0.05, 0) is 36.5 Å². The molecule has 1 amide bonds. The van der Waals surface area contributed by atoms with Crippen molar-refractivity contribution in [1.29, 1.82) is 0 Å². The quantitative estimate of drug-likeness (QED) is 0.318. The third kappa shape index (κ3) is 6.13. The number of carbonyl (C=O) groups excluding carboxylic acids is 1. The number of rotatable bonds is 8. The molecule has 0 spiro atoms. The lowest BCUT2D eigenvalue weighted by Crippen LogP contribution is -2.48. The number of carboxylic acid groups (broad SMARTS) is 1. The molecule has 0 aromatic heterocycles. The van der Waals surface area contributed by atoms with Crippen LogP contribution in [0.3, 0.4) is 0 Å². The SMILES string of the molecule is C=C(C(=O)N1CCCCC1C(=O)O)c1ccc(SC2COCC(Cc3ccccc3)O2)c([N+](=O)[O-])c1. The molecule has 9 nitrogen and oxygen atoms in total. The minimum absolute atomic E-state index is 0.0305. The number of carboxylic acids is 1. The van der Waals surface area contributed by atoms with E-state index in [2.05, 4.69) is 6.58 Å². The molecule has 10 heteroatoms. The highest BCUT2D eigenvalue weighted by molar-refractivity contribution is 8.00. The number of amides is 1. The number of nitrogens with zero attached hydrogens (tertiary/aromatic N) is 2. The zero-order chi connectivity index (χ0) is 25.7. The molecule has 3 atom stereocenters. The first-order chi connectivity index (χ1) is 17.3. The first-order valence-electron chi connectivity index (χ1n) is 11.8. The lowest BCUT2D eigenvalue weighted by atomic mass is 9.99. The Balaban J connectivity index is 1.47. The van der Waals surface area contributed by atoms with Crippen molar-refractivity contribution in [2.75, 3.05) is 19.8 Å². The maximum absolute atomic E-state index is 13.0. The highest BCUT2D eigenvalue weighted by Gasteiger charge is 2.34. The standard InChI is InChI=1S/C26H28N2O7S/c1-17(25(29)27-12-6-5-9-21(27)26(30)31)19-10-11-23(22(14-19)28(32)33)36-24-16-34-15-20(35-24)13-18-7-3-2-4-8-18/h2-4,7-8,10-11,14,20-21,24H,1,5-6,9,12-13,15-16H2,(H,30,31).